The second-order valence-corrected chi connectivity index (χ2v) is 3.48. The van der Waals surface area contributed by atoms with Crippen LogP contribution in [0.4, 0.5) is 5.82 Å². The lowest BCUT2D eigenvalue weighted by molar-refractivity contribution is 0.0697. The second kappa shape index (κ2) is 3.40. The van der Waals surface area contributed by atoms with Crippen LogP contribution >= 0.6 is 11.6 Å². The topological polar surface area (TPSA) is 76.2 Å². The largest absolute Gasteiger partial charge is 0.478 e. The Morgan fingerprint density at radius 2 is 2.13 bits per heavy atom. The molecule has 0 radical (unpaired) electrons. The highest BCUT2D eigenvalue weighted by molar-refractivity contribution is 6.33. The van der Waals surface area contributed by atoms with E-state index in [0.29, 0.717) is 15.9 Å². The van der Waals surface area contributed by atoms with Gasteiger partial charge in [-0.1, -0.05) is 11.6 Å². The van der Waals surface area contributed by atoms with Gasteiger partial charge in [-0.05, 0) is 24.3 Å². The molecule has 76 valence electrons. The number of pyridine rings is 1. The van der Waals surface area contributed by atoms with Crippen LogP contribution in [0.5, 0.6) is 0 Å². The van der Waals surface area contributed by atoms with Crippen LogP contribution in [0.2, 0.25) is 5.02 Å². The summed E-state index contributed by atoms with van der Waals surface area (Å²) < 4.78 is 0. The Balaban J connectivity index is 2.72. The first kappa shape index (κ1) is 9.73. The summed E-state index contributed by atoms with van der Waals surface area (Å²) in [7, 11) is 0. The third-order valence-electron chi connectivity index (χ3n) is 2.04. The zero-order valence-corrected chi connectivity index (χ0v) is 8.32. The van der Waals surface area contributed by atoms with Gasteiger partial charge in [0.05, 0.1) is 16.1 Å². The maximum atomic E-state index is 10.7. The van der Waals surface area contributed by atoms with Crippen molar-refractivity contribution in [2.45, 2.75) is 0 Å². The molecule has 0 spiro atoms. The van der Waals surface area contributed by atoms with E-state index in [-0.39, 0.29) is 11.4 Å². The molecule has 0 saturated carbocycles. The summed E-state index contributed by atoms with van der Waals surface area (Å²) in [6.07, 6.45) is 0. The smallest absolute Gasteiger partial charge is 0.335 e. The molecule has 1 aromatic carbocycles. The maximum Gasteiger partial charge on any atom is 0.335 e. The summed E-state index contributed by atoms with van der Waals surface area (Å²) in [6, 6.07) is 6.19. The van der Waals surface area contributed by atoms with Crippen molar-refractivity contribution in [3.05, 3.63) is 34.9 Å². The van der Waals surface area contributed by atoms with Crippen molar-refractivity contribution in [2.24, 2.45) is 0 Å². The zero-order valence-electron chi connectivity index (χ0n) is 7.57. The minimum absolute atomic E-state index is 0.199. The maximum absolute atomic E-state index is 10.7. The number of carboxylic acid groups (broad SMARTS) is 1. The van der Waals surface area contributed by atoms with E-state index >= 15 is 0 Å². The summed E-state index contributed by atoms with van der Waals surface area (Å²) in [5.41, 5.74) is 6.35. The molecule has 3 N–H and O–H groups in total. The average molecular weight is 223 g/mol. The van der Waals surface area contributed by atoms with Crippen molar-refractivity contribution >= 4 is 34.3 Å². The molecule has 5 heteroatoms. The first-order valence-corrected chi connectivity index (χ1v) is 4.55. The van der Waals surface area contributed by atoms with Crippen LogP contribution < -0.4 is 5.73 Å². The number of anilines is 1. The monoisotopic (exact) mass is 222 g/mol. The Kier molecular flexibility index (Phi) is 2.21. The molecule has 2 aromatic rings. The van der Waals surface area contributed by atoms with Gasteiger partial charge in [-0.25, -0.2) is 9.78 Å². The van der Waals surface area contributed by atoms with Crippen molar-refractivity contribution < 1.29 is 9.90 Å². The molecular weight excluding hydrogens is 216 g/mol. The summed E-state index contributed by atoms with van der Waals surface area (Å²) in [6.45, 7) is 0. The first-order valence-electron chi connectivity index (χ1n) is 4.17. The Bertz CT molecular complexity index is 554. The Labute approximate surface area is 90.3 Å². The number of rotatable bonds is 1. The van der Waals surface area contributed by atoms with Crippen LogP contribution in [0.3, 0.4) is 0 Å². The molecule has 0 aliphatic heterocycles. The van der Waals surface area contributed by atoms with Crippen LogP contribution in [0.25, 0.3) is 10.9 Å². The number of carbonyl (C=O) groups is 1. The Morgan fingerprint density at radius 3 is 2.80 bits per heavy atom. The van der Waals surface area contributed by atoms with E-state index in [0.717, 1.165) is 0 Å². The molecule has 4 nitrogen and oxygen atoms in total. The van der Waals surface area contributed by atoms with Crippen LogP contribution in [0.1, 0.15) is 10.4 Å². The van der Waals surface area contributed by atoms with Crippen molar-refractivity contribution in [1.82, 2.24) is 4.98 Å². The summed E-state index contributed by atoms with van der Waals surface area (Å²) in [5.74, 6) is -0.739. The summed E-state index contributed by atoms with van der Waals surface area (Å²) >= 11 is 5.78. The predicted molar refractivity (Wildman–Crippen MR) is 58.1 cm³/mol. The van der Waals surface area contributed by atoms with Crippen LogP contribution in [-0.4, -0.2) is 16.1 Å². The number of hydrogen-bond donors (Lipinski definition) is 2. The van der Waals surface area contributed by atoms with Crippen molar-refractivity contribution in [3.8, 4) is 0 Å². The average Bonchev–Trinajstić information content (AvgIpc) is 2.19. The molecule has 15 heavy (non-hydrogen) atoms. The lowest BCUT2D eigenvalue weighted by atomic mass is 10.1. The number of aromatic carboxylic acids is 1. The molecule has 2 rings (SSSR count). The molecule has 0 unspecified atom stereocenters. The molecule has 1 aromatic heterocycles. The highest BCUT2D eigenvalue weighted by atomic mass is 35.5. The minimum atomic E-state index is -0.982. The molecule has 0 saturated heterocycles. The van der Waals surface area contributed by atoms with Crippen molar-refractivity contribution in [1.29, 1.82) is 0 Å². The van der Waals surface area contributed by atoms with Gasteiger partial charge in [-0.3, -0.25) is 0 Å². The van der Waals surface area contributed by atoms with Gasteiger partial charge >= 0.3 is 5.97 Å². The number of fused-ring (bicyclic) bond motifs is 1. The normalized spacial score (nSPS) is 10.5. The lowest BCUT2D eigenvalue weighted by Crippen LogP contribution is -1.97. The zero-order chi connectivity index (χ0) is 11.0. The van der Waals surface area contributed by atoms with Gasteiger partial charge in [0.25, 0.3) is 0 Å². The van der Waals surface area contributed by atoms with E-state index in [1.54, 1.807) is 12.1 Å². The van der Waals surface area contributed by atoms with E-state index in [1.807, 2.05) is 0 Å². The second-order valence-electron chi connectivity index (χ2n) is 3.07. The highest BCUT2D eigenvalue weighted by Gasteiger charge is 2.06. The van der Waals surface area contributed by atoms with Crippen LogP contribution in [-0.2, 0) is 0 Å². The van der Waals surface area contributed by atoms with Crippen LogP contribution in [0.15, 0.2) is 24.3 Å². The fourth-order valence-electron chi connectivity index (χ4n) is 1.30. The van der Waals surface area contributed by atoms with E-state index in [2.05, 4.69) is 4.98 Å². The van der Waals surface area contributed by atoms with E-state index < -0.39 is 5.97 Å². The van der Waals surface area contributed by atoms with Crippen LogP contribution in [0, 0.1) is 0 Å². The third-order valence-corrected chi connectivity index (χ3v) is 2.35. The molecule has 0 aliphatic rings. The highest BCUT2D eigenvalue weighted by Crippen LogP contribution is 2.23. The summed E-state index contributed by atoms with van der Waals surface area (Å²) in [4.78, 5) is 14.7. The predicted octanol–water partition coefficient (Wildman–Crippen LogP) is 2.17. The number of halogens is 1. The quantitative estimate of drug-likeness (QED) is 0.775. The minimum Gasteiger partial charge on any atom is -0.478 e. The lowest BCUT2D eigenvalue weighted by Gasteiger charge is -2.02. The standard InChI is InChI=1S/C10H7ClN2O2/c11-7-4-6-3-5(10(14)15)1-2-8(6)13-9(7)12/h1-4H,(H2,12,13)(H,14,15). The van der Waals surface area contributed by atoms with Gasteiger partial charge in [-0.15, -0.1) is 0 Å². The fraction of sp³-hybridized carbons (Fsp3) is 0. The van der Waals surface area contributed by atoms with Gasteiger partial charge in [0.1, 0.15) is 5.82 Å². The van der Waals surface area contributed by atoms with E-state index in [9.17, 15) is 4.79 Å². The number of nitrogen functional groups attached to an aromatic ring is 1. The molecule has 0 amide bonds. The number of benzene rings is 1. The molecule has 0 bridgehead atoms. The number of aromatic nitrogens is 1. The molecular formula is C10H7ClN2O2. The number of carboxylic acids is 1. The van der Waals surface area contributed by atoms with Gasteiger partial charge in [0.15, 0.2) is 0 Å². The van der Waals surface area contributed by atoms with E-state index in [4.69, 9.17) is 22.4 Å². The summed E-state index contributed by atoms with van der Waals surface area (Å²) in [5, 5.41) is 9.78. The Hall–Kier alpha value is -1.81. The van der Waals surface area contributed by atoms with Gasteiger partial charge in [0, 0.05) is 5.39 Å². The SMILES string of the molecule is Nc1nc2ccc(C(=O)O)cc2cc1Cl. The van der Waals surface area contributed by atoms with Gasteiger partial charge in [-0.2, -0.15) is 0 Å². The van der Waals surface area contributed by atoms with Crippen molar-refractivity contribution in [3.63, 3.8) is 0 Å². The van der Waals surface area contributed by atoms with Gasteiger partial charge < -0.3 is 10.8 Å². The van der Waals surface area contributed by atoms with Crippen molar-refractivity contribution in [2.75, 3.05) is 5.73 Å². The molecule has 1 heterocycles. The van der Waals surface area contributed by atoms with Gasteiger partial charge in [0.2, 0.25) is 0 Å². The Morgan fingerprint density at radius 1 is 1.40 bits per heavy atom. The molecule has 0 atom stereocenters. The van der Waals surface area contributed by atoms with E-state index in [1.165, 1.54) is 12.1 Å². The fourth-order valence-corrected chi connectivity index (χ4v) is 1.46. The third kappa shape index (κ3) is 1.71. The number of nitrogens with two attached hydrogens (primary N) is 1. The number of hydrogen-bond acceptors (Lipinski definition) is 3. The first-order chi connectivity index (χ1) is 7.08. The molecule has 0 fully saturated rings. The number of nitrogens with zero attached hydrogens (tertiary/aromatic N) is 1. The molecule has 0 aliphatic carbocycles.